The minimum atomic E-state index is -0.882. The number of methoxy groups -OCH3 is 1. The second kappa shape index (κ2) is 6.54. The molecule has 1 heterocycles. The Hall–Kier alpha value is -3.15. The van der Waals surface area contributed by atoms with E-state index in [0.717, 1.165) is 5.56 Å². The molecule has 1 atom stereocenters. The standard InChI is InChI=1S/C18H15NO5/c1-23-17(21)11-6-8-13(9-7-11)19-16(20)15-10-12-4-2-3-5-14(12)18(22)24-15/h2-9,15H,10H2,1H3,(H,19,20)/t15-/m0/s1. The number of amides is 1. The Morgan fingerprint density at radius 3 is 2.54 bits per heavy atom. The summed E-state index contributed by atoms with van der Waals surface area (Å²) in [6.45, 7) is 0. The van der Waals surface area contributed by atoms with Crippen molar-refractivity contribution >= 4 is 23.5 Å². The van der Waals surface area contributed by atoms with Crippen LogP contribution in [0.1, 0.15) is 26.3 Å². The Bertz CT molecular complexity index is 797. The van der Waals surface area contributed by atoms with Crippen molar-refractivity contribution in [2.24, 2.45) is 0 Å². The highest BCUT2D eigenvalue weighted by Gasteiger charge is 2.31. The lowest BCUT2D eigenvalue weighted by Crippen LogP contribution is -2.37. The van der Waals surface area contributed by atoms with Crippen LogP contribution < -0.4 is 5.32 Å². The van der Waals surface area contributed by atoms with Crippen LogP contribution in [0.2, 0.25) is 0 Å². The van der Waals surface area contributed by atoms with E-state index in [9.17, 15) is 14.4 Å². The summed E-state index contributed by atoms with van der Waals surface area (Å²) in [4.78, 5) is 35.6. The van der Waals surface area contributed by atoms with E-state index < -0.39 is 23.9 Å². The highest BCUT2D eigenvalue weighted by atomic mass is 16.5. The molecule has 0 unspecified atom stereocenters. The van der Waals surface area contributed by atoms with E-state index >= 15 is 0 Å². The lowest BCUT2D eigenvalue weighted by molar-refractivity contribution is -0.125. The minimum absolute atomic E-state index is 0.327. The number of carbonyl (C=O) groups excluding carboxylic acids is 3. The second-order valence-corrected chi connectivity index (χ2v) is 5.31. The van der Waals surface area contributed by atoms with E-state index in [-0.39, 0.29) is 0 Å². The lowest BCUT2D eigenvalue weighted by atomic mass is 9.98. The fraction of sp³-hybridized carbons (Fsp3) is 0.167. The third-order valence-corrected chi connectivity index (χ3v) is 3.76. The van der Waals surface area contributed by atoms with E-state index in [0.29, 0.717) is 23.2 Å². The highest BCUT2D eigenvalue weighted by molar-refractivity contribution is 6.00. The van der Waals surface area contributed by atoms with Crippen molar-refractivity contribution < 1.29 is 23.9 Å². The van der Waals surface area contributed by atoms with Crippen molar-refractivity contribution in [1.82, 2.24) is 0 Å². The van der Waals surface area contributed by atoms with Gasteiger partial charge in [0.2, 0.25) is 0 Å². The maximum absolute atomic E-state index is 12.3. The van der Waals surface area contributed by atoms with Gasteiger partial charge in [0.05, 0.1) is 18.2 Å². The fourth-order valence-electron chi connectivity index (χ4n) is 2.51. The Kier molecular flexibility index (Phi) is 4.29. The molecule has 1 amide bonds. The number of carbonyl (C=O) groups is 3. The highest BCUT2D eigenvalue weighted by Crippen LogP contribution is 2.21. The molecule has 0 saturated carbocycles. The predicted octanol–water partition coefficient (Wildman–Crippen LogP) is 2.19. The van der Waals surface area contributed by atoms with Crippen LogP contribution in [-0.4, -0.2) is 31.1 Å². The van der Waals surface area contributed by atoms with E-state index in [1.54, 1.807) is 42.5 Å². The van der Waals surface area contributed by atoms with Gasteiger partial charge in [-0.3, -0.25) is 4.79 Å². The predicted molar refractivity (Wildman–Crippen MR) is 85.8 cm³/mol. The molecular weight excluding hydrogens is 310 g/mol. The summed E-state index contributed by atoms with van der Waals surface area (Å²) in [7, 11) is 1.30. The maximum Gasteiger partial charge on any atom is 0.339 e. The van der Waals surface area contributed by atoms with Gasteiger partial charge in [-0.15, -0.1) is 0 Å². The number of nitrogens with one attached hydrogen (secondary N) is 1. The molecule has 1 N–H and O–H groups in total. The zero-order valence-corrected chi connectivity index (χ0v) is 12.9. The SMILES string of the molecule is COC(=O)c1ccc(NC(=O)[C@@H]2Cc3ccccc3C(=O)O2)cc1. The number of fused-ring (bicyclic) bond motifs is 1. The molecule has 24 heavy (non-hydrogen) atoms. The van der Waals surface area contributed by atoms with E-state index in [1.165, 1.54) is 7.11 Å². The summed E-state index contributed by atoms with van der Waals surface area (Å²) < 4.78 is 9.81. The van der Waals surface area contributed by atoms with Crippen molar-refractivity contribution in [3.63, 3.8) is 0 Å². The van der Waals surface area contributed by atoms with Gasteiger partial charge in [0.25, 0.3) is 5.91 Å². The van der Waals surface area contributed by atoms with Crippen molar-refractivity contribution in [1.29, 1.82) is 0 Å². The number of benzene rings is 2. The van der Waals surface area contributed by atoms with Gasteiger partial charge in [0.15, 0.2) is 6.10 Å². The molecule has 0 spiro atoms. The van der Waals surface area contributed by atoms with Crippen molar-refractivity contribution in [2.45, 2.75) is 12.5 Å². The zero-order valence-electron chi connectivity index (χ0n) is 12.9. The Morgan fingerprint density at radius 2 is 1.83 bits per heavy atom. The average molecular weight is 325 g/mol. The summed E-state index contributed by atoms with van der Waals surface area (Å²) in [6.07, 6.45) is -0.554. The average Bonchev–Trinajstić information content (AvgIpc) is 2.61. The van der Waals surface area contributed by atoms with Gasteiger partial charge in [-0.1, -0.05) is 18.2 Å². The molecule has 6 nitrogen and oxygen atoms in total. The molecule has 2 aromatic carbocycles. The summed E-state index contributed by atoms with van der Waals surface area (Å²) in [5.41, 5.74) is 2.16. The van der Waals surface area contributed by atoms with Gasteiger partial charge >= 0.3 is 11.9 Å². The number of rotatable bonds is 3. The Balaban J connectivity index is 1.70. The molecule has 2 aromatic rings. The first kappa shape index (κ1) is 15.7. The molecule has 0 radical (unpaired) electrons. The van der Waals surface area contributed by atoms with Crippen LogP contribution in [0.15, 0.2) is 48.5 Å². The topological polar surface area (TPSA) is 81.7 Å². The second-order valence-electron chi connectivity index (χ2n) is 5.31. The normalized spacial score (nSPS) is 15.9. The van der Waals surface area contributed by atoms with Crippen LogP contribution in [0.3, 0.4) is 0 Å². The number of anilines is 1. The van der Waals surface area contributed by atoms with Gasteiger partial charge in [0.1, 0.15) is 0 Å². The number of hydrogen-bond donors (Lipinski definition) is 1. The summed E-state index contributed by atoms with van der Waals surface area (Å²) >= 11 is 0. The summed E-state index contributed by atoms with van der Waals surface area (Å²) in [5.74, 6) is -1.37. The molecule has 3 rings (SSSR count). The molecule has 0 aromatic heterocycles. The van der Waals surface area contributed by atoms with Gasteiger partial charge in [0, 0.05) is 12.1 Å². The van der Waals surface area contributed by atoms with Crippen LogP contribution in [0, 0.1) is 0 Å². The number of cyclic esters (lactones) is 1. The lowest BCUT2D eigenvalue weighted by Gasteiger charge is -2.23. The van der Waals surface area contributed by atoms with Crippen LogP contribution in [0.25, 0.3) is 0 Å². The third kappa shape index (κ3) is 3.12. The first-order valence-electron chi connectivity index (χ1n) is 7.36. The quantitative estimate of drug-likeness (QED) is 0.875. The van der Waals surface area contributed by atoms with Crippen LogP contribution >= 0.6 is 0 Å². The largest absolute Gasteiger partial charge is 0.465 e. The van der Waals surface area contributed by atoms with Crippen molar-refractivity contribution in [3.05, 3.63) is 65.2 Å². The van der Waals surface area contributed by atoms with Crippen LogP contribution in [-0.2, 0) is 20.7 Å². The number of hydrogen-bond acceptors (Lipinski definition) is 5. The minimum Gasteiger partial charge on any atom is -0.465 e. The first-order valence-corrected chi connectivity index (χ1v) is 7.36. The van der Waals surface area contributed by atoms with Gasteiger partial charge < -0.3 is 14.8 Å². The van der Waals surface area contributed by atoms with E-state index in [1.807, 2.05) is 6.07 Å². The van der Waals surface area contributed by atoms with Crippen LogP contribution in [0.5, 0.6) is 0 Å². The van der Waals surface area contributed by atoms with E-state index in [4.69, 9.17) is 4.74 Å². The Morgan fingerprint density at radius 1 is 1.12 bits per heavy atom. The van der Waals surface area contributed by atoms with Crippen molar-refractivity contribution in [3.8, 4) is 0 Å². The molecule has 0 saturated heterocycles. The van der Waals surface area contributed by atoms with Gasteiger partial charge in [-0.05, 0) is 35.9 Å². The summed E-state index contributed by atoms with van der Waals surface area (Å²) in [6, 6.07) is 13.3. The molecule has 6 heteroatoms. The van der Waals surface area contributed by atoms with E-state index in [2.05, 4.69) is 10.1 Å². The zero-order chi connectivity index (χ0) is 17.1. The van der Waals surface area contributed by atoms with Crippen LogP contribution in [0.4, 0.5) is 5.69 Å². The first-order chi connectivity index (χ1) is 11.6. The van der Waals surface area contributed by atoms with Gasteiger partial charge in [-0.25, -0.2) is 9.59 Å². The number of ether oxygens (including phenoxy) is 2. The molecular formula is C18H15NO5. The monoisotopic (exact) mass is 325 g/mol. The molecule has 1 aliphatic rings. The number of esters is 2. The smallest absolute Gasteiger partial charge is 0.339 e. The molecule has 0 bridgehead atoms. The fourth-order valence-corrected chi connectivity index (χ4v) is 2.51. The Labute approximate surface area is 138 Å². The molecule has 0 fully saturated rings. The maximum atomic E-state index is 12.3. The third-order valence-electron chi connectivity index (χ3n) is 3.76. The van der Waals surface area contributed by atoms with Crippen molar-refractivity contribution in [2.75, 3.05) is 12.4 Å². The molecule has 122 valence electrons. The molecule has 0 aliphatic carbocycles. The van der Waals surface area contributed by atoms with Gasteiger partial charge in [-0.2, -0.15) is 0 Å². The summed E-state index contributed by atoms with van der Waals surface area (Å²) in [5, 5.41) is 2.68. The molecule has 1 aliphatic heterocycles.